The number of nitrogens with zero attached hydrogens (tertiary/aromatic N) is 1. The second kappa shape index (κ2) is 14.2. The van der Waals surface area contributed by atoms with Crippen molar-refractivity contribution in [2.24, 2.45) is 5.10 Å². The van der Waals surface area contributed by atoms with Crippen LogP contribution in [0.2, 0.25) is 5.02 Å². The van der Waals surface area contributed by atoms with Crippen molar-refractivity contribution in [3.63, 3.8) is 0 Å². The molecule has 6 nitrogen and oxygen atoms in total. The Morgan fingerprint density at radius 3 is 2.51 bits per heavy atom. The van der Waals surface area contributed by atoms with Crippen LogP contribution in [-0.2, 0) is 11.4 Å². The number of hydrazone groups is 1. The molecule has 3 aromatic rings. The van der Waals surface area contributed by atoms with Gasteiger partial charge in [0.2, 0.25) is 0 Å². The molecule has 1 aliphatic heterocycles. The second-order valence-corrected chi connectivity index (χ2v) is 12.2. The number of halogens is 2. The number of amides is 1. The zero-order valence-electron chi connectivity index (χ0n) is 20.1. The highest BCUT2D eigenvalue weighted by atomic mass is 127. The van der Waals surface area contributed by atoms with Crippen molar-refractivity contribution in [1.29, 1.82) is 0 Å². The Balaban J connectivity index is 1.30. The monoisotopic (exact) mass is 668 g/mol. The molecule has 1 fully saturated rings. The van der Waals surface area contributed by atoms with Gasteiger partial charge in [-0.25, -0.2) is 5.43 Å². The number of thioether (sulfide) groups is 2. The van der Waals surface area contributed by atoms with E-state index in [2.05, 4.69) is 45.3 Å². The fourth-order valence-electron chi connectivity index (χ4n) is 3.43. The maximum Gasteiger partial charge on any atom is 0.277 e. The van der Waals surface area contributed by atoms with E-state index >= 15 is 0 Å². The van der Waals surface area contributed by atoms with E-state index in [-0.39, 0.29) is 12.5 Å². The standard InChI is InChI=1S/C27H26ClIN2O4S2/c1-2-33-24-14-19(13-23(29)26(24)35-16-18-3-7-21(28)8-4-18)15-30-31-25(32)17-34-22-9-5-20(6-10-22)27-36-11-12-37-27/h3-10,13-15,27H,2,11-12,16-17H2,1H3,(H,31,32)/b30-15-. The molecule has 0 unspecified atom stereocenters. The number of hydrogen-bond acceptors (Lipinski definition) is 7. The summed E-state index contributed by atoms with van der Waals surface area (Å²) in [7, 11) is 0. The fourth-order valence-corrected chi connectivity index (χ4v) is 7.20. The van der Waals surface area contributed by atoms with E-state index in [9.17, 15) is 4.79 Å². The van der Waals surface area contributed by atoms with E-state index in [4.69, 9.17) is 25.8 Å². The minimum absolute atomic E-state index is 0.122. The highest BCUT2D eigenvalue weighted by molar-refractivity contribution is 14.1. The van der Waals surface area contributed by atoms with Crippen LogP contribution in [0.1, 0.15) is 28.2 Å². The summed E-state index contributed by atoms with van der Waals surface area (Å²) in [5.74, 6) is 3.94. The smallest absolute Gasteiger partial charge is 0.277 e. The highest BCUT2D eigenvalue weighted by Gasteiger charge is 2.18. The van der Waals surface area contributed by atoms with E-state index < -0.39 is 0 Å². The summed E-state index contributed by atoms with van der Waals surface area (Å²) in [6, 6.07) is 19.2. The summed E-state index contributed by atoms with van der Waals surface area (Å²) in [4.78, 5) is 12.2. The first-order valence-corrected chi connectivity index (χ1v) is 15.2. The first kappa shape index (κ1) is 27.9. The van der Waals surface area contributed by atoms with Crippen LogP contribution in [0.3, 0.4) is 0 Å². The number of benzene rings is 3. The molecular formula is C27H26ClIN2O4S2. The lowest BCUT2D eigenvalue weighted by Crippen LogP contribution is -2.24. The van der Waals surface area contributed by atoms with Gasteiger partial charge < -0.3 is 14.2 Å². The zero-order chi connectivity index (χ0) is 26.0. The minimum Gasteiger partial charge on any atom is -0.490 e. The van der Waals surface area contributed by atoms with Gasteiger partial charge in [0.15, 0.2) is 18.1 Å². The molecular weight excluding hydrogens is 643 g/mol. The second-order valence-electron chi connectivity index (χ2n) is 7.90. The molecule has 10 heteroatoms. The van der Waals surface area contributed by atoms with Crippen molar-refractivity contribution in [3.8, 4) is 17.2 Å². The largest absolute Gasteiger partial charge is 0.490 e. The van der Waals surface area contributed by atoms with E-state index in [0.29, 0.717) is 40.1 Å². The number of rotatable bonds is 11. The Hall–Kier alpha value is -2.08. The Bertz CT molecular complexity index is 1220. The van der Waals surface area contributed by atoms with Gasteiger partial charge in [0.25, 0.3) is 5.91 Å². The maximum atomic E-state index is 12.2. The number of carbonyl (C=O) groups excluding carboxylic acids is 1. The van der Waals surface area contributed by atoms with Gasteiger partial charge >= 0.3 is 0 Å². The predicted octanol–water partition coefficient (Wildman–Crippen LogP) is 6.93. The molecule has 3 aromatic carbocycles. The molecule has 1 heterocycles. The number of carbonyl (C=O) groups is 1. The number of ether oxygens (including phenoxy) is 3. The van der Waals surface area contributed by atoms with Gasteiger partial charge in [-0.15, -0.1) is 23.5 Å². The van der Waals surface area contributed by atoms with Crippen molar-refractivity contribution in [1.82, 2.24) is 5.43 Å². The quantitative estimate of drug-likeness (QED) is 0.136. The summed E-state index contributed by atoms with van der Waals surface area (Å²) in [5, 5.41) is 4.75. The highest BCUT2D eigenvalue weighted by Crippen LogP contribution is 2.45. The molecule has 0 bridgehead atoms. The van der Waals surface area contributed by atoms with Crippen molar-refractivity contribution < 1.29 is 19.0 Å². The van der Waals surface area contributed by atoms with Gasteiger partial charge in [-0.3, -0.25) is 4.79 Å². The maximum absolute atomic E-state index is 12.2. The van der Waals surface area contributed by atoms with Crippen LogP contribution in [0.4, 0.5) is 0 Å². The summed E-state index contributed by atoms with van der Waals surface area (Å²) in [5.41, 5.74) is 5.55. The van der Waals surface area contributed by atoms with Crippen molar-refractivity contribution in [3.05, 3.63) is 85.9 Å². The van der Waals surface area contributed by atoms with Gasteiger partial charge in [0.1, 0.15) is 12.4 Å². The van der Waals surface area contributed by atoms with Crippen LogP contribution >= 0.6 is 57.7 Å². The molecule has 1 amide bonds. The number of hydrogen-bond donors (Lipinski definition) is 1. The Morgan fingerprint density at radius 2 is 1.81 bits per heavy atom. The lowest BCUT2D eigenvalue weighted by molar-refractivity contribution is -0.123. The molecule has 0 atom stereocenters. The van der Waals surface area contributed by atoms with Crippen LogP contribution in [0.15, 0.2) is 65.8 Å². The van der Waals surface area contributed by atoms with Gasteiger partial charge in [0, 0.05) is 16.5 Å². The predicted molar refractivity (Wildman–Crippen MR) is 161 cm³/mol. The Labute approximate surface area is 244 Å². The van der Waals surface area contributed by atoms with Gasteiger partial charge in [-0.05, 0) is 82.6 Å². The van der Waals surface area contributed by atoms with Crippen LogP contribution in [0, 0.1) is 3.57 Å². The summed E-state index contributed by atoms with van der Waals surface area (Å²) in [6.45, 7) is 2.67. The fraction of sp³-hybridized carbons (Fsp3) is 0.259. The Morgan fingerprint density at radius 1 is 1.08 bits per heavy atom. The van der Waals surface area contributed by atoms with Crippen LogP contribution in [0.5, 0.6) is 17.2 Å². The zero-order valence-corrected chi connectivity index (χ0v) is 24.7. The van der Waals surface area contributed by atoms with Gasteiger partial charge in [-0.1, -0.05) is 35.9 Å². The van der Waals surface area contributed by atoms with Gasteiger partial charge in [0.05, 0.1) is 21.0 Å². The summed E-state index contributed by atoms with van der Waals surface area (Å²) in [6.07, 6.45) is 1.57. The van der Waals surface area contributed by atoms with Crippen LogP contribution in [-0.4, -0.2) is 36.8 Å². The Kier molecular flexibility index (Phi) is 10.7. The molecule has 1 N–H and O–H groups in total. The molecule has 37 heavy (non-hydrogen) atoms. The van der Waals surface area contributed by atoms with E-state index in [1.54, 1.807) is 6.21 Å². The van der Waals surface area contributed by atoms with Crippen molar-refractivity contribution in [2.75, 3.05) is 24.7 Å². The lowest BCUT2D eigenvalue weighted by Gasteiger charge is -2.15. The van der Waals surface area contributed by atoms with E-state index in [0.717, 1.165) is 14.7 Å². The first-order chi connectivity index (χ1) is 18.0. The molecule has 0 saturated carbocycles. The molecule has 0 spiro atoms. The van der Waals surface area contributed by atoms with Gasteiger partial charge in [-0.2, -0.15) is 5.10 Å². The molecule has 1 saturated heterocycles. The third kappa shape index (κ3) is 8.46. The first-order valence-electron chi connectivity index (χ1n) is 11.6. The van der Waals surface area contributed by atoms with E-state index in [1.165, 1.54) is 17.1 Å². The third-order valence-electron chi connectivity index (χ3n) is 5.17. The lowest BCUT2D eigenvalue weighted by atomic mass is 10.2. The summed E-state index contributed by atoms with van der Waals surface area (Å²) >= 11 is 12.1. The van der Waals surface area contributed by atoms with Crippen molar-refractivity contribution >= 4 is 69.8 Å². The van der Waals surface area contributed by atoms with Crippen LogP contribution < -0.4 is 19.6 Å². The molecule has 194 valence electrons. The minimum atomic E-state index is -0.343. The third-order valence-corrected chi connectivity index (χ3v) is 9.33. The SMILES string of the molecule is CCOc1cc(/C=N\NC(=O)COc2ccc(C3SCCS3)cc2)cc(I)c1OCc1ccc(Cl)cc1. The average Bonchev–Trinajstić information content (AvgIpc) is 3.44. The number of nitrogens with one attached hydrogen (secondary N) is 1. The molecule has 4 rings (SSSR count). The van der Waals surface area contributed by atoms with E-state index in [1.807, 2.05) is 79.0 Å². The molecule has 0 aromatic heterocycles. The molecule has 1 aliphatic rings. The molecule has 0 radical (unpaired) electrons. The van der Waals surface area contributed by atoms with Crippen molar-refractivity contribution in [2.45, 2.75) is 18.1 Å². The normalized spacial score (nSPS) is 13.6. The summed E-state index contributed by atoms with van der Waals surface area (Å²) < 4.78 is 18.8. The molecule has 0 aliphatic carbocycles. The van der Waals surface area contributed by atoms with Crippen LogP contribution in [0.25, 0.3) is 0 Å². The topological polar surface area (TPSA) is 69.2 Å². The average molecular weight is 669 g/mol.